The maximum absolute atomic E-state index is 12.9. The summed E-state index contributed by atoms with van der Waals surface area (Å²) in [7, 11) is 0. The summed E-state index contributed by atoms with van der Waals surface area (Å²) in [6.45, 7) is 3.09. The highest BCUT2D eigenvalue weighted by molar-refractivity contribution is 5.95. The van der Waals surface area contributed by atoms with Gasteiger partial charge in [-0.05, 0) is 61.4 Å². The van der Waals surface area contributed by atoms with E-state index in [9.17, 15) is 14.7 Å². The van der Waals surface area contributed by atoms with E-state index in [4.69, 9.17) is 4.74 Å². The van der Waals surface area contributed by atoms with Gasteiger partial charge < -0.3 is 14.7 Å². The molecule has 1 saturated heterocycles. The first-order chi connectivity index (χ1) is 13.5. The summed E-state index contributed by atoms with van der Waals surface area (Å²) >= 11 is 0. The number of amides is 1. The van der Waals surface area contributed by atoms with Gasteiger partial charge in [0.05, 0.1) is 12.1 Å². The van der Waals surface area contributed by atoms with Crippen LogP contribution >= 0.6 is 0 Å². The first kappa shape index (κ1) is 18.5. The highest BCUT2D eigenvalue weighted by atomic mass is 16.5. The lowest BCUT2D eigenvalue weighted by Crippen LogP contribution is -2.30. The zero-order valence-corrected chi connectivity index (χ0v) is 15.9. The molecular weight excluding hydrogens is 356 g/mol. The fraction of sp³-hybridized carbons (Fsp3) is 0.409. The lowest BCUT2D eigenvalue weighted by Gasteiger charge is -2.17. The van der Waals surface area contributed by atoms with Crippen molar-refractivity contribution in [2.45, 2.75) is 26.4 Å². The van der Waals surface area contributed by atoms with Gasteiger partial charge in [-0.15, -0.1) is 0 Å². The van der Waals surface area contributed by atoms with E-state index in [0.29, 0.717) is 36.9 Å². The molecule has 2 aliphatic rings. The van der Waals surface area contributed by atoms with Crippen LogP contribution in [0.4, 0.5) is 0 Å². The van der Waals surface area contributed by atoms with E-state index < -0.39 is 11.9 Å². The van der Waals surface area contributed by atoms with Crippen LogP contribution < -0.4 is 4.74 Å². The number of likely N-dealkylation sites (tertiary alicyclic amines) is 1. The number of benzene rings is 1. The van der Waals surface area contributed by atoms with Crippen molar-refractivity contribution in [3.05, 3.63) is 59.4 Å². The van der Waals surface area contributed by atoms with Gasteiger partial charge in [0.15, 0.2) is 0 Å². The molecule has 2 heterocycles. The lowest BCUT2D eigenvalue weighted by molar-refractivity contribution is -0.142. The summed E-state index contributed by atoms with van der Waals surface area (Å²) in [5.41, 5.74) is 2.39. The van der Waals surface area contributed by atoms with Gasteiger partial charge in [0.1, 0.15) is 12.4 Å². The van der Waals surface area contributed by atoms with Crippen molar-refractivity contribution in [1.82, 2.24) is 9.88 Å². The van der Waals surface area contributed by atoms with Gasteiger partial charge >= 0.3 is 5.97 Å². The molecule has 1 amide bonds. The zero-order valence-electron chi connectivity index (χ0n) is 15.9. The van der Waals surface area contributed by atoms with Crippen molar-refractivity contribution < 1.29 is 19.4 Å². The first-order valence-electron chi connectivity index (χ1n) is 9.68. The van der Waals surface area contributed by atoms with E-state index in [1.165, 1.54) is 0 Å². The molecule has 1 aliphatic heterocycles. The van der Waals surface area contributed by atoms with Gasteiger partial charge in [-0.2, -0.15) is 0 Å². The number of carbonyl (C=O) groups excluding carboxylic acids is 1. The fourth-order valence-corrected chi connectivity index (χ4v) is 3.94. The molecule has 146 valence electrons. The molecule has 28 heavy (non-hydrogen) atoms. The monoisotopic (exact) mass is 380 g/mol. The Hall–Kier alpha value is -2.89. The highest BCUT2D eigenvalue weighted by Crippen LogP contribution is 2.44. The van der Waals surface area contributed by atoms with E-state index in [2.05, 4.69) is 4.98 Å². The van der Waals surface area contributed by atoms with Crippen molar-refractivity contribution in [1.29, 1.82) is 0 Å². The van der Waals surface area contributed by atoms with Gasteiger partial charge in [-0.1, -0.05) is 12.1 Å². The minimum atomic E-state index is -0.791. The largest absolute Gasteiger partial charge is 0.487 e. The average molecular weight is 380 g/mol. The maximum atomic E-state index is 12.9. The molecule has 6 heteroatoms. The van der Waals surface area contributed by atoms with Crippen LogP contribution in [-0.4, -0.2) is 40.0 Å². The van der Waals surface area contributed by atoms with Crippen LogP contribution in [-0.2, 0) is 11.4 Å². The molecule has 2 atom stereocenters. The number of aliphatic carboxylic acids is 1. The molecule has 4 rings (SSSR count). The third-order valence-electron chi connectivity index (χ3n) is 5.66. The number of aromatic nitrogens is 1. The highest BCUT2D eigenvalue weighted by Gasteiger charge is 2.46. The van der Waals surface area contributed by atoms with E-state index in [1.54, 1.807) is 17.2 Å². The number of hydrogen-bond donors (Lipinski definition) is 1. The first-order valence-corrected chi connectivity index (χ1v) is 9.68. The molecule has 1 aromatic heterocycles. The van der Waals surface area contributed by atoms with E-state index in [1.807, 2.05) is 37.3 Å². The van der Waals surface area contributed by atoms with Crippen molar-refractivity contribution in [2.75, 3.05) is 13.1 Å². The smallest absolute Gasteiger partial charge is 0.308 e. The second kappa shape index (κ2) is 7.62. The van der Waals surface area contributed by atoms with Crippen molar-refractivity contribution in [2.24, 2.45) is 17.8 Å². The topological polar surface area (TPSA) is 79.7 Å². The molecule has 0 bridgehead atoms. The summed E-state index contributed by atoms with van der Waals surface area (Å²) in [5.74, 6) is -0.117. The number of carbonyl (C=O) groups is 2. The fourth-order valence-electron chi connectivity index (χ4n) is 3.94. The molecular formula is C22H24N2O4. The summed E-state index contributed by atoms with van der Waals surface area (Å²) in [5, 5.41) is 9.51. The second-order valence-electron chi connectivity index (χ2n) is 7.78. The van der Waals surface area contributed by atoms with Crippen molar-refractivity contribution in [3.8, 4) is 5.75 Å². The summed E-state index contributed by atoms with van der Waals surface area (Å²) in [4.78, 5) is 30.4. The number of ether oxygens (including phenoxy) is 1. The third-order valence-corrected chi connectivity index (χ3v) is 5.66. The Labute approximate surface area is 164 Å². The predicted octanol–water partition coefficient (Wildman–Crippen LogP) is 3.15. The van der Waals surface area contributed by atoms with Gasteiger partial charge in [0.25, 0.3) is 5.91 Å². The Kier molecular flexibility index (Phi) is 5.03. The van der Waals surface area contributed by atoms with E-state index in [0.717, 1.165) is 24.1 Å². The van der Waals surface area contributed by atoms with Crippen LogP contribution in [0.15, 0.2) is 42.6 Å². The van der Waals surface area contributed by atoms with E-state index >= 15 is 0 Å². The number of rotatable bonds is 6. The van der Waals surface area contributed by atoms with Crippen LogP contribution in [0.1, 0.15) is 34.5 Å². The Morgan fingerprint density at radius 3 is 2.71 bits per heavy atom. The minimum absolute atomic E-state index is 0.0852. The molecule has 1 aliphatic carbocycles. The number of carboxylic acid groups (broad SMARTS) is 1. The molecule has 0 radical (unpaired) electrons. The van der Waals surface area contributed by atoms with Gasteiger partial charge in [0.2, 0.25) is 0 Å². The minimum Gasteiger partial charge on any atom is -0.487 e. The Morgan fingerprint density at radius 2 is 2.04 bits per heavy atom. The molecule has 2 fully saturated rings. The Morgan fingerprint density at radius 1 is 1.21 bits per heavy atom. The normalized spacial score (nSPS) is 21.5. The van der Waals surface area contributed by atoms with Crippen LogP contribution in [0.5, 0.6) is 5.75 Å². The molecule has 0 unspecified atom stereocenters. The molecule has 1 saturated carbocycles. The number of nitrogens with zero attached hydrogens (tertiary/aromatic N) is 2. The Bertz CT molecular complexity index is 876. The second-order valence-corrected chi connectivity index (χ2v) is 7.78. The maximum Gasteiger partial charge on any atom is 0.308 e. The number of aryl methyl sites for hydroxylation is 1. The summed E-state index contributed by atoms with van der Waals surface area (Å²) in [6.07, 6.45) is 3.84. The molecule has 0 spiro atoms. The predicted molar refractivity (Wildman–Crippen MR) is 103 cm³/mol. The van der Waals surface area contributed by atoms with Gasteiger partial charge in [-0.3, -0.25) is 14.6 Å². The zero-order chi connectivity index (χ0) is 19.7. The summed E-state index contributed by atoms with van der Waals surface area (Å²) in [6, 6.07) is 11.1. The molecule has 1 aromatic carbocycles. The van der Waals surface area contributed by atoms with Crippen molar-refractivity contribution >= 4 is 11.9 Å². The number of hydrogen-bond acceptors (Lipinski definition) is 4. The van der Waals surface area contributed by atoms with E-state index in [-0.39, 0.29) is 11.8 Å². The van der Waals surface area contributed by atoms with Crippen LogP contribution in [0.2, 0.25) is 0 Å². The standard InChI is InChI=1S/C22H24N2O4/c1-14-5-8-18(10-23-14)28-13-15-3-2-4-17(9-15)21(25)24-11-19(16-6-7-16)20(12-24)22(26)27/h2-5,8-10,16,19-20H,6-7,11-13H2,1H3,(H,26,27)/t19-,20+/m1/s1. The van der Waals surface area contributed by atoms with Gasteiger partial charge in [0, 0.05) is 24.3 Å². The van der Waals surface area contributed by atoms with Crippen LogP contribution in [0, 0.1) is 24.7 Å². The quantitative estimate of drug-likeness (QED) is 0.833. The molecule has 1 N–H and O–H groups in total. The van der Waals surface area contributed by atoms with Crippen molar-refractivity contribution in [3.63, 3.8) is 0 Å². The molecule has 6 nitrogen and oxygen atoms in total. The number of carboxylic acids is 1. The third kappa shape index (κ3) is 4.01. The van der Waals surface area contributed by atoms with Gasteiger partial charge in [-0.25, -0.2) is 0 Å². The number of pyridine rings is 1. The average Bonchev–Trinajstić information content (AvgIpc) is 3.45. The molecule has 2 aromatic rings. The Balaban J connectivity index is 1.42. The SMILES string of the molecule is Cc1ccc(OCc2cccc(C(=O)N3C[C@H](C(=O)O)[C@@H](C4CC4)C3)c2)cn1. The lowest BCUT2D eigenvalue weighted by atomic mass is 9.92. The summed E-state index contributed by atoms with van der Waals surface area (Å²) < 4.78 is 5.75. The van der Waals surface area contributed by atoms with Crippen LogP contribution in [0.3, 0.4) is 0 Å². The van der Waals surface area contributed by atoms with Crippen LogP contribution in [0.25, 0.3) is 0 Å².